The molecule has 0 bridgehead atoms. The van der Waals surface area contributed by atoms with Gasteiger partial charge in [-0.3, -0.25) is 10.1 Å². The molecule has 106 valence electrons. The minimum absolute atomic E-state index is 0.00132. The van der Waals surface area contributed by atoms with E-state index in [1.165, 1.54) is 0 Å². The van der Waals surface area contributed by atoms with E-state index in [9.17, 15) is 4.79 Å². The lowest BCUT2D eigenvalue weighted by Gasteiger charge is -2.27. The van der Waals surface area contributed by atoms with Gasteiger partial charge in [0.15, 0.2) is 0 Å². The van der Waals surface area contributed by atoms with Crippen LogP contribution in [-0.2, 0) is 22.5 Å². The molecule has 1 aliphatic rings. The zero-order valence-electron chi connectivity index (χ0n) is 11.7. The van der Waals surface area contributed by atoms with Crippen molar-refractivity contribution < 1.29 is 9.53 Å². The van der Waals surface area contributed by atoms with Gasteiger partial charge in [0, 0.05) is 26.1 Å². The number of fused-ring (bicyclic) bond motifs is 1. The zero-order chi connectivity index (χ0) is 13.9. The monoisotopic (exact) mass is 266 g/mol. The molecule has 3 N–H and O–H groups in total. The van der Waals surface area contributed by atoms with Gasteiger partial charge in [0.1, 0.15) is 0 Å². The molecule has 1 aromatic heterocycles. The highest BCUT2D eigenvalue weighted by atomic mass is 16.5. The van der Waals surface area contributed by atoms with Crippen molar-refractivity contribution in [3.63, 3.8) is 0 Å². The number of ether oxygens (including phenoxy) is 1. The van der Waals surface area contributed by atoms with Crippen LogP contribution >= 0.6 is 0 Å². The van der Waals surface area contributed by atoms with E-state index in [0.717, 1.165) is 11.4 Å². The number of aromatic nitrogens is 2. The Kier molecular flexibility index (Phi) is 4.21. The lowest BCUT2D eigenvalue weighted by atomic mass is 10.0. The van der Waals surface area contributed by atoms with Crippen LogP contribution in [0.5, 0.6) is 0 Å². The van der Waals surface area contributed by atoms with Crippen LogP contribution in [0.25, 0.3) is 0 Å². The number of imidazole rings is 1. The molecule has 6 nitrogen and oxygen atoms in total. The predicted octanol–water partition coefficient (Wildman–Crippen LogP) is 0.355. The Morgan fingerprint density at radius 1 is 1.63 bits per heavy atom. The third-order valence-electron chi connectivity index (χ3n) is 3.27. The molecule has 0 saturated heterocycles. The molecule has 0 aromatic carbocycles. The normalized spacial score (nSPS) is 19.0. The van der Waals surface area contributed by atoms with Crippen molar-refractivity contribution >= 4 is 5.91 Å². The highest BCUT2D eigenvalue weighted by Crippen LogP contribution is 2.12. The number of H-pyrrole nitrogens is 1. The van der Waals surface area contributed by atoms with Gasteiger partial charge in [-0.05, 0) is 20.8 Å². The second-order valence-corrected chi connectivity index (χ2v) is 5.38. The molecule has 2 heterocycles. The second-order valence-electron chi connectivity index (χ2n) is 5.38. The summed E-state index contributed by atoms with van der Waals surface area (Å²) in [5.41, 5.74) is 1.71. The van der Waals surface area contributed by atoms with Crippen LogP contribution in [0.2, 0.25) is 0 Å². The van der Waals surface area contributed by atoms with Gasteiger partial charge in [-0.25, -0.2) is 4.98 Å². The number of amides is 1. The van der Waals surface area contributed by atoms with Crippen LogP contribution in [0.1, 0.15) is 32.2 Å². The maximum Gasteiger partial charge on any atom is 0.237 e. The van der Waals surface area contributed by atoms with Crippen molar-refractivity contribution in [2.45, 2.75) is 45.4 Å². The van der Waals surface area contributed by atoms with E-state index in [1.807, 2.05) is 20.8 Å². The Bertz CT molecular complexity index is 442. The van der Waals surface area contributed by atoms with Crippen LogP contribution in [0.3, 0.4) is 0 Å². The molecule has 0 aliphatic carbocycles. The number of carbonyl (C=O) groups is 1. The molecule has 19 heavy (non-hydrogen) atoms. The lowest BCUT2D eigenvalue weighted by molar-refractivity contribution is -0.124. The average molecular weight is 266 g/mol. The molecule has 1 amide bonds. The molecule has 0 fully saturated rings. The molecule has 1 unspecified atom stereocenters. The van der Waals surface area contributed by atoms with E-state index in [-0.39, 0.29) is 17.6 Å². The van der Waals surface area contributed by atoms with Crippen molar-refractivity contribution in [3.05, 3.63) is 17.7 Å². The summed E-state index contributed by atoms with van der Waals surface area (Å²) in [5.74, 6) is 0.00132. The molecule has 0 saturated carbocycles. The summed E-state index contributed by atoms with van der Waals surface area (Å²) >= 11 is 0. The molecule has 0 spiro atoms. The number of rotatable bonds is 5. The van der Waals surface area contributed by atoms with Gasteiger partial charge in [0.05, 0.1) is 29.4 Å². The van der Waals surface area contributed by atoms with Crippen LogP contribution < -0.4 is 10.6 Å². The SMILES string of the molecule is CCOC(C)(C)CNC(=O)C1Cc2nc[nH]c2CN1. The van der Waals surface area contributed by atoms with Gasteiger partial charge >= 0.3 is 0 Å². The summed E-state index contributed by atoms with van der Waals surface area (Å²) in [6.07, 6.45) is 2.30. The maximum absolute atomic E-state index is 12.1. The number of carbonyl (C=O) groups excluding carboxylic acids is 1. The molecular weight excluding hydrogens is 244 g/mol. The van der Waals surface area contributed by atoms with Gasteiger partial charge in [-0.1, -0.05) is 0 Å². The molecule has 1 atom stereocenters. The van der Waals surface area contributed by atoms with E-state index >= 15 is 0 Å². The minimum Gasteiger partial charge on any atom is -0.374 e. The first-order chi connectivity index (χ1) is 9.02. The summed E-state index contributed by atoms with van der Waals surface area (Å²) in [5, 5.41) is 6.14. The Morgan fingerprint density at radius 3 is 3.16 bits per heavy atom. The number of hydrogen-bond acceptors (Lipinski definition) is 4. The van der Waals surface area contributed by atoms with Gasteiger partial charge in [0.25, 0.3) is 0 Å². The Morgan fingerprint density at radius 2 is 2.42 bits per heavy atom. The number of nitrogens with one attached hydrogen (secondary N) is 3. The van der Waals surface area contributed by atoms with Crippen molar-refractivity contribution in [2.24, 2.45) is 0 Å². The fourth-order valence-electron chi connectivity index (χ4n) is 2.22. The third-order valence-corrected chi connectivity index (χ3v) is 3.27. The van der Waals surface area contributed by atoms with Gasteiger partial charge < -0.3 is 15.0 Å². The smallest absolute Gasteiger partial charge is 0.237 e. The quantitative estimate of drug-likeness (QED) is 0.719. The largest absolute Gasteiger partial charge is 0.374 e. The van der Waals surface area contributed by atoms with Crippen LogP contribution in [0, 0.1) is 0 Å². The second kappa shape index (κ2) is 5.71. The number of aromatic amines is 1. The standard InChI is InChI=1S/C13H22N4O2/c1-4-19-13(2,3)7-15-12(18)10-5-9-11(6-14-10)17-8-16-9/h8,10,14H,4-7H2,1-3H3,(H,15,18)(H,16,17). The first kappa shape index (κ1) is 14.0. The van der Waals surface area contributed by atoms with Crippen LogP contribution in [0.15, 0.2) is 6.33 Å². The van der Waals surface area contributed by atoms with Crippen molar-refractivity contribution in [1.82, 2.24) is 20.6 Å². The predicted molar refractivity (Wildman–Crippen MR) is 71.6 cm³/mol. The lowest BCUT2D eigenvalue weighted by Crippen LogP contribution is -2.51. The summed E-state index contributed by atoms with van der Waals surface area (Å²) in [6, 6.07) is -0.215. The molecule has 2 rings (SSSR count). The van der Waals surface area contributed by atoms with E-state index in [1.54, 1.807) is 6.33 Å². The topological polar surface area (TPSA) is 79.0 Å². The zero-order valence-corrected chi connectivity index (χ0v) is 11.7. The third kappa shape index (κ3) is 3.54. The molecular formula is C13H22N4O2. The van der Waals surface area contributed by atoms with Crippen LogP contribution in [0.4, 0.5) is 0 Å². The fraction of sp³-hybridized carbons (Fsp3) is 0.692. The fourth-order valence-corrected chi connectivity index (χ4v) is 2.22. The van der Waals surface area contributed by atoms with E-state index < -0.39 is 0 Å². The van der Waals surface area contributed by atoms with Crippen LogP contribution in [-0.4, -0.2) is 40.7 Å². The highest BCUT2D eigenvalue weighted by molar-refractivity contribution is 5.82. The summed E-state index contributed by atoms with van der Waals surface area (Å²) in [6.45, 7) is 7.69. The molecule has 1 aromatic rings. The molecule has 0 radical (unpaired) electrons. The summed E-state index contributed by atoms with van der Waals surface area (Å²) in [4.78, 5) is 19.4. The Labute approximate surface area is 113 Å². The van der Waals surface area contributed by atoms with E-state index in [0.29, 0.717) is 26.1 Å². The van der Waals surface area contributed by atoms with Gasteiger partial charge in [-0.15, -0.1) is 0 Å². The first-order valence-electron chi connectivity index (χ1n) is 6.68. The minimum atomic E-state index is -0.337. The van der Waals surface area contributed by atoms with Crippen molar-refractivity contribution in [1.29, 1.82) is 0 Å². The summed E-state index contributed by atoms with van der Waals surface area (Å²) in [7, 11) is 0. The van der Waals surface area contributed by atoms with Gasteiger partial charge in [-0.2, -0.15) is 0 Å². The Hall–Kier alpha value is -1.40. The van der Waals surface area contributed by atoms with E-state index in [2.05, 4.69) is 20.6 Å². The van der Waals surface area contributed by atoms with Crippen molar-refractivity contribution in [2.75, 3.05) is 13.2 Å². The molecule has 6 heteroatoms. The Balaban J connectivity index is 1.85. The average Bonchev–Trinajstić information content (AvgIpc) is 2.83. The number of nitrogens with zero attached hydrogens (tertiary/aromatic N) is 1. The first-order valence-corrected chi connectivity index (χ1v) is 6.68. The van der Waals surface area contributed by atoms with Gasteiger partial charge in [0.2, 0.25) is 5.91 Å². The van der Waals surface area contributed by atoms with E-state index in [4.69, 9.17) is 4.74 Å². The maximum atomic E-state index is 12.1. The highest BCUT2D eigenvalue weighted by Gasteiger charge is 2.27. The summed E-state index contributed by atoms with van der Waals surface area (Å²) < 4.78 is 5.56. The molecule has 1 aliphatic heterocycles. The van der Waals surface area contributed by atoms with Crippen molar-refractivity contribution in [3.8, 4) is 0 Å². The number of hydrogen-bond donors (Lipinski definition) is 3.